The highest BCUT2D eigenvalue weighted by Gasteiger charge is 2.21. The first kappa shape index (κ1) is 16.4. The van der Waals surface area contributed by atoms with E-state index < -0.39 is 27.3 Å². The first-order valence-corrected chi connectivity index (χ1v) is 7.98. The minimum Gasteiger partial charge on any atom is -0.399 e. The van der Waals surface area contributed by atoms with Crippen molar-refractivity contribution in [1.82, 2.24) is 5.32 Å². The smallest absolute Gasteiger partial charge is 0.235 e. The molecule has 20 heavy (non-hydrogen) atoms. The molecule has 1 unspecified atom stereocenters. The van der Waals surface area contributed by atoms with Crippen molar-refractivity contribution in [3.05, 3.63) is 24.0 Å². The molecule has 0 aliphatic rings. The van der Waals surface area contributed by atoms with Gasteiger partial charge in [-0.15, -0.1) is 0 Å². The van der Waals surface area contributed by atoms with Crippen LogP contribution in [-0.2, 0) is 14.6 Å². The maximum absolute atomic E-state index is 13.2. The number of carbonyl (C=O) groups excluding carboxylic acids is 1. The van der Waals surface area contributed by atoms with Gasteiger partial charge in [0.05, 0.1) is 4.90 Å². The third kappa shape index (κ3) is 4.80. The van der Waals surface area contributed by atoms with Crippen LogP contribution in [0.3, 0.4) is 0 Å². The number of benzene rings is 1. The van der Waals surface area contributed by atoms with Crippen molar-refractivity contribution >= 4 is 21.4 Å². The number of hydrogen-bond donors (Lipinski definition) is 2. The Morgan fingerprint density at radius 1 is 1.40 bits per heavy atom. The lowest BCUT2D eigenvalue weighted by molar-refractivity contribution is -0.119. The highest BCUT2D eigenvalue weighted by molar-refractivity contribution is 7.92. The van der Waals surface area contributed by atoms with Crippen molar-refractivity contribution in [3.63, 3.8) is 0 Å². The zero-order valence-corrected chi connectivity index (χ0v) is 12.3. The summed E-state index contributed by atoms with van der Waals surface area (Å²) in [6, 6.07) is 2.91. The van der Waals surface area contributed by atoms with Crippen LogP contribution in [-0.4, -0.2) is 26.1 Å². The summed E-state index contributed by atoms with van der Waals surface area (Å²) in [6.45, 7) is 3.77. The van der Waals surface area contributed by atoms with Crippen LogP contribution in [0.25, 0.3) is 0 Å². The molecule has 112 valence electrons. The Kier molecular flexibility index (Phi) is 5.50. The van der Waals surface area contributed by atoms with E-state index in [1.807, 2.05) is 6.92 Å². The van der Waals surface area contributed by atoms with Crippen LogP contribution in [0.1, 0.15) is 26.7 Å². The first-order valence-electron chi connectivity index (χ1n) is 6.32. The zero-order chi connectivity index (χ0) is 15.3. The van der Waals surface area contributed by atoms with E-state index in [0.29, 0.717) is 0 Å². The number of amides is 1. The van der Waals surface area contributed by atoms with Crippen LogP contribution in [0.2, 0.25) is 0 Å². The maximum atomic E-state index is 13.2. The van der Waals surface area contributed by atoms with E-state index in [1.54, 1.807) is 6.92 Å². The quantitative estimate of drug-likeness (QED) is 0.779. The van der Waals surface area contributed by atoms with Crippen LogP contribution < -0.4 is 11.1 Å². The number of rotatable bonds is 6. The summed E-state index contributed by atoms with van der Waals surface area (Å²) in [5.74, 6) is -2.07. The minimum absolute atomic E-state index is 0.00309. The predicted octanol–water partition coefficient (Wildman–Crippen LogP) is 1.49. The molecule has 0 aliphatic carbocycles. The van der Waals surface area contributed by atoms with Gasteiger partial charge in [-0.1, -0.05) is 13.3 Å². The van der Waals surface area contributed by atoms with E-state index in [2.05, 4.69) is 5.32 Å². The Morgan fingerprint density at radius 3 is 2.60 bits per heavy atom. The zero-order valence-electron chi connectivity index (χ0n) is 11.5. The number of anilines is 1. The molecular weight excluding hydrogens is 283 g/mol. The molecule has 0 aliphatic heterocycles. The Bertz CT molecular complexity index is 567. The molecule has 1 atom stereocenters. The summed E-state index contributed by atoms with van der Waals surface area (Å²) < 4.78 is 37.2. The Hall–Kier alpha value is -1.63. The van der Waals surface area contributed by atoms with Gasteiger partial charge in [-0.25, -0.2) is 12.8 Å². The molecule has 0 aromatic heterocycles. The summed E-state index contributed by atoms with van der Waals surface area (Å²) in [5, 5.41) is 2.59. The fraction of sp³-hybridized carbons (Fsp3) is 0.462. The molecule has 0 spiro atoms. The van der Waals surface area contributed by atoms with Gasteiger partial charge in [0.15, 0.2) is 9.84 Å². The standard InChI is InChI=1S/C13H19FN2O3S/c1-3-4-9(2)16-13(17)8-20(18,19)12-6-10(14)5-11(15)7-12/h5-7,9H,3-4,8,15H2,1-2H3,(H,16,17). The number of nitrogens with one attached hydrogen (secondary N) is 1. The van der Waals surface area contributed by atoms with Crippen molar-refractivity contribution in [2.75, 3.05) is 11.5 Å². The molecule has 1 aromatic carbocycles. The fourth-order valence-corrected chi connectivity index (χ4v) is 3.04. The van der Waals surface area contributed by atoms with E-state index in [1.165, 1.54) is 0 Å². The molecule has 3 N–H and O–H groups in total. The van der Waals surface area contributed by atoms with Gasteiger partial charge in [-0.3, -0.25) is 4.79 Å². The lowest BCUT2D eigenvalue weighted by atomic mass is 10.2. The molecule has 0 radical (unpaired) electrons. The summed E-state index contributed by atoms with van der Waals surface area (Å²) in [5.41, 5.74) is 5.41. The minimum atomic E-state index is -3.90. The van der Waals surface area contributed by atoms with Crippen molar-refractivity contribution in [1.29, 1.82) is 0 Å². The van der Waals surface area contributed by atoms with Crippen molar-refractivity contribution in [2.24, 2.45) is 0 Å². The molecule has 0 heterocycles. The molecule has 0 fully saturated rings. The Labute approximate surface area is 118 Å². The van der Waals surface area contributed by atoms with E-state index in [0.717, 1.165) is 31.0 Å². The monoisotopic (exact) mass is 302 g/mol. The fourth-order valence-electron chi connectivity index (χ4n) is 1.84. The van der Waals surface area contributed by atoms with Crippen molar-refractivity contribution in [3.8, 4) is 0 Å². The Morgan fingerprint density at radius 2 is 2.05 bits per heavy atom. The molecule has 1 rings (SSSR count). The lowest BCUT2D eigenvalue weighted by Gasteiger charge is -2.13. The van der Waals surface area contributed by atoms with E-state index in [-0.39, 0.29) is 16.6 Å². The first-order chi connectivity index (χ1) is 9.24. The van der Waals surface area contributed by atoms with Crippen molar-refractivity contribution in [2.45, 2.75) is 37.6 Å². The molecule has 5 nitrogen and oxygen atoms in total. The maximum Gasteiger partial charge on any atom is 0.235 e. The van der Waals surface area contributed by atoms with Crippen LogP contribution in [0.15, 0.2) is 23.1 Å². The van der Waals surface area contributed by atoms with Crippen molar-refractivity contribution < 1.29 is 17.6 Å². The second-order valence-corrected chi connectivity index (χ2v) is 6.73. The SMILES string of the molecule is CCCC(C)NC(=O)CS(=O)(=O)c1cc(N)cc(F)c1. The third-order valence-corrected chi connectivity index (χ3v) is 4.30. The Balaban J connectivity index is 2.82. The number of nitrogens with two attached hydrogens (primary N) is 1. The second kappa shape index (κ2) is 6.69. The molecule has 7 heteroatoms. The van der Waals surface area contributed by atoms with Gasteiger partial charge in [0.2, 0.25) is 5.91 Å². The summed E-state index contributed by atoms with van der Waals surface area (Å²) in [4.78, 5) is 11.4. The average Bonchev–Trinajstić information content (AvgIpc) is 2.26. The number of sulfone groups is 1. The van der Waals surface area contributed by atoms with Crippen LogP contribution >= 0.6 is 0 Å². The molecule has 1 amide bonds. The summed E-state index contributed by atoms with van der Waals surface area (Å²) in [6.07, 6.45) is 1.65. The largest absolute Gasteiger partial charge is 0.399 e. The highest BCUT2D eigenvalue weighted by Crippen LogP contribution is 2.17. The van der Waals surface area contributed by atoms with Crippen LogP contribution in [0, 0.1) is 5.82 Å². The lowest BCUT2D eigenvalue weighted by Crippen LogP contribution is -2.36. The van der Waals surface area contributed by atoms with Gasteiger partial charge in [-0.2, -0.15) is 0 Å². The predicted molar refractivity (Wildman–Crippen MR) is 75.4 cm³/mol. The number of nitrogen functional groups attached to an aromatic ring is 1. The van der Waals surface area contributed by atoms with Gasteiger partial charge < -0.3 is 11.1 Å². The van der Waals surface area contributed by atoms with Gasteiger partial charge >= 0.3 is 0 Å². The summed E-state index contributed by atoms with van der Waals surface area (Å²) in [7, 11) is -3.90. The molecule has 1 aromatic rings. The second-order valence-electron chi connectivity index (χ2n) is 4.74. The van der Waals surface area contributed by atoms with Crippen LogP contribution in [0.5, 0.6) is 0 Å². The number of carbonyl (C=O) groups is 1. The van der Waals surface area contributed by atoms with E-state index in [9.17, 15) is 17.6 Å². The third-order valence-electron chi connectivity index (χ3n) is 2.70. The molecular formula is C13H19FN2O3S. The number of hydrogen-bond acceptors (Lipinski definition) is 4. The van der Waals surface area contributed by atoms with Gasteiger partial charge in [-0.05, 0) is 31.5 Å². The van der Waals surface area contributed by atoms with Gasteiger partial charge in [0, 0.05) is 11.7 Å². The number of halogens is 1. The average molecular weight is 302 g/mol. The highest BCUT2D eigenvalue weighted by atomic mass is 32.2. The van der Waals surface area contributed by atoms with Gasteiger partial charge in [0.1, 0.15) is 11.6 Å². The summed E-state index contributed by atoms with van der Waals surface area (Å²) >= 11 is 0. The van der Waals surface area contributed by atoms with Gasteiger partial charge in [0.25, 0.3) is 0 Å². The molecule has 0 saturated heterocycles. The topological polar surface area (TPSA) is 89.3 Å². The molecule has 0 bridgehead atoms. The molecule has 0 saturated carbocycles. The van der Waals surface area contributed by atoms with E-state index >= 15 is 0 Å². The van der Waals surface area contributed by atoms with Crippen LogP contribution in [0.4, 0.5) is 10.1 Å². The normalized spacial score (nSPS) is 12.9. The van der Waals surface area contributed by atoms with E-state index in [4.69, 9.17) is 5.73 Å².